The Hall–Kier alpha value is -3.04. The molecule has 1 aromatic heterocycles. The van der Waals surface area contributed by atoms with Gasteiger partial charge in [-0.3, -0.25) is 9.59 Å². The van der Waals surface area contributed by atoms with E-state index >= 15 is 0 Å². The third kappa shape index (κ3) is 4.73. The molecule has 0 atom stereocenters. The van der Waals surface area contributed by atoms with Gasteiger partial charge >= 0.3 is 0 Å². The van der Waals surface area contributed by atoms with Gasteiger partial charge in [0.2, 0.25) is 10.0 Å². The van der Waals surface area contributed by atoms with E-state index in [1.165, 1.54) is 8.99 Å². The molecule has 170 valence electrons. The Morgan fingerprint density at radius 3 is 2.22 bits per heavy atom. The molecule has 1 N–H and O–H groups in total. The summed E-state index contributed by atoms with van der Waals surface area (Å²) in [4.78, 5) is 25.7. The molecule has 0 aliphatic heterocycles. The Labute approximate surface area is 187 Å². The van der Waals surface area contributed by atoms with Crippen LogP contribution >= 0.6 is 0 Å². The van der Waals surface area contributed by atoms with Crippen LogP contribution in [-0.4, -0.2) is 41.5 Å². The molecule has 0 fully saturated rings. The van der Waals surface area contributed by atoms with Gasteiger partial charge in [-0.15, -0.1) is 0 Å². The summed E-state index contributed by atoms with van der Waals surface area (Å²) in [5.41, 5.74) is 0.724. The highest BCUT2D eigenvalue weighted by atomic mass is 32.2. The van der Waals surface area contributed by atoms with Crippen LogP contribution in [0.5, 0.6) is 0 Å². The predicted octanol–water partition coefficient (Wildman–Crippen LogP) is 2.77. The molecule has 32 heavy (non-hydrogen) atoms. The molecule has 0 saturated heterocycles. The first-order valence-electron chi connectivity index (χ1n) is 10.7. The summed E-state index contributed by atoms with van der Waals surface area (Å²) in [7, 11) is -3.53. The summed E-state index contributed by atoms with van der Waals surface area (Å²) in [6.45, 7) is 6.96. The molecule has 0 unspecified atom stereocenters. The molecule has 1 heterocycles. The van der Waals surface area contributed by atoms with Crippen molar-refractivity contribution in [1.82, 2.24) is 19.4 Å². The van der Waals surface area contributed by atoms with E-state index in [0.717, 1.165) is 12.0 Å². The minimum Gasteiger partial charge on any atom is -0.347 e. The molecule has 0 saturated carbocycles. The smallest absolute Gasteiger partial charge is 0.274 e. The molecule has 8 nitrogen and oxygen atoms in total. The Kier molecular flexibility index (Phi) is 7.42. The number of hydrogen-bond donors (Lipinski definition) is 1. The maximum Gasteiger partial charge on any atom is 0.274 e. The first-order valence-corrected chi connectivity index (χ1v) is 12.1. The lowest BCUT2D eigenvalue weighted by Crippen LogP contribution is -2.31. The van der Waals surface area contributed by atoms with Gasteiger partial charge in [0.1, 0.15) is 0 Å². The molecule has 1 amide bonds. The molecule has 0 bridgehead atoms. The quantitative estimate of drug-likeness (QED) is 0.534. The van der Waals surface area contributed by atoms with E-state index < -0.39 is 15.9 Å². The van der Waals surface area contributed by atoms with Gasteiger partial charge < -0.3 is 5.32 Å². The van der Waals surface area contributed by atoms with Crippen molar-refractivity contribution >= 4 is 26.7 Å². The van der Waals surface area contributed by atoms with Gasteiger partial charge in [0.15, 0.2) is 5.69 Å². The fraction of sp³-hybridized carbons (Fsp3) is 0.348. The maximum atomic E-state index is 12.9. The second-order valence-electron chi connectivity index (χ2n) is 7.34. The van der Waals surface area contributed by atoms with Crippen LogP contribution in [0.1, 0.15) is 43.2 Å². The summed E-state index contributed by atoms with van der Waals surface area (Å²) in [6.07, 6.45) is 0.717. The van der Waals surface area contributed by atoms with Crippen molar-refractivity contribution < 1.29 is 13.2 Å². The summed E-state index contributed by atoms with van der Waals surface area (Å²) < 4.78 is 27.9. The maximum absolute atomic E-state index is 12.9. The normalized spacial score (nSPS) is 11.8. The van der Waals surface area contributed by atoms with E-state index in [9.17, 15) is 18.0 Å². The fourth-order valence-electron chi connectivity index (χ4n) is 3.52. The number of sulfonamides is 1. The van der Waals surface area contributed by atoms with Crippen LogP contribution in [0.15, 0.2) is 58.2 Å². The van der Waals surface area contributed by atoms with Crippen molar-refractivity contribution in [3.63, 3.8) is 0 Å². The SMILES string of the molecule is CCCn1nc(C(=O)NCc2ccc(S(=O)(=O)N(CC)CC)cc2)c2ccccc2c1=O. The molecule has 9 heteroatoms. The van der Waals surface area contributed by atoms with Crippen LogP contribution in [0.25, 0.3) is 10.8 Å². The largest absolute Gasteiger partial charge is 0.347 e. The number of aromatic nitrogens is 2. The van der Waals surface area contributed by atoms with E-state index in [-0.39, 0.29) is 22.7 Å². The van der Waals surface area contributed by atoms with Crippen LogP contribution in [-0.2, 0) is 23.1 Å². The number of nitrogens with one attached hydrogen (secondary N) is 1. The average molecular weight is 457 g/mol. The van der Waals surface area contributed by atoms with Crippen molar-refractivity contribution in [2.45, 2.75) is 45.2 Å². The predicted molar refractivity (Wildman–Crippen MR) is 124 cm³/mol. The summed E-state index contributed by atoms with van der Waals surface area (Å²) in [5.74, 6) is -0.397. The van der Waals surface area contributed by atoms with Gasteiger partial charge in [0, 0.05) is 31.6 Å². The van der Waals surface area contributed by atoms with Crippen LogP contribution < -0.4 is 10.9 Å². The minimum absolute atomic E-state index is 0.189. The number of nitrogens with zero attached hydrogens (tertiary/aromatic N) is 3. The molecule has 0 aliphatic rings. The Bertz CT molecular complexity index is 1260. The molecule has 0 spiro atoms. The first kappa shape index (κ1) is 23.6. The molecule has 2 aromatic carbocycles. The lowest BCUT2D eigenvalue weighted by molar-refractivity contribution is 0.0945. The van der Waals surface area contributed by atoms with E-state index in [1.807, 2.05) is 6.92 Å². The number of benzene rings is 2. The monoisotopic (exact) mass is 456 g/mol. The van der Waals surface area contributed by atoms with Crippen LogP contribution in [0.3, 0.4) is 0 Å². The summed E-state index contributed by atoms with van der Waals surface area (Å²) in [6, 6.07) is 13.4. The van der Waals surface area contributed by atoms with E-state index in [1.54, 1.807) is 62.4 Å². The lowest BCUT2D eigenvalue weighted by Gasteiger charge is -2.18. The van der Waals surface area contributed by atoms with Crippen molar-refractivity contribution in [1.29, 1.82) is 0 Å². The second kappa shape index (κ2) is 10.1. The van der Waals surface area contributed by atoms with E-state index in [2.05, 4.69) is 10.4 Å². The molecule has 0 radical (unpaired) electrons. The zero-order chi connectivity index (χ0) is 23.3. The van der Waals surface area contributed by atoms with Gasteiger partial charge in [-0.25, -0.2) is 13.1 Å². The Morgan fingerprint density at radius 2 is 1.62 bits per heavy atom. The zero-order valence-corrected chi connectivity index (χ0v) is 19.4. The minimum atomic E-state index is -3.53. The van der Waals surface area contributed by atoms with Gasteiger partial charge in [-0.2, -0.15) is 9.40 Å². The zero-order valence-electron chi connectivity index (χ0n) is 18.5. The Morgan fingerprint density at radius 1 is 1.00 bits per heavy atom. The number of rotatable bonds is 9. The number of carbonyl (C=O) groups excluding carboxylic acids is 1. The topological polar surface area (TPSA) is 101 Å². The molecular weight excluding hydrogens is 428 g/mol. The molecular formula is C23H28N4O4S. The van der Waals surface area contributed by atoms with Gasteiger partial charge in [-0.05, 0) is 30.2 Å². The van der Waals surface area contributed by atoms with Crippen LogP contribution in [0.4, 0.5) is 0 Å². The number of carbonyl (C=O) groups is 1. The third-order valence-corrected chi connectivity index (χ3v) is 7.30. The van der Waals surface area contributed by atoms with E-state index in [4.69, 9.17) is 0 Å². The van der Waals surface area contributed by atoms with Crippen molar-refractivity contribution in [3.05, 3.63) is 70.1 Å². The highest BCUT2D eigenvalue weighted by molar-refractivity contribution is 7.89. The fourth-order valence-corrected chi connectivity index (χ4v) is 4.98. The second-order valence-corrected chi connectivity index (χ2v) is 9.28. The van der Waals surface area contributed by atoms with Crippen LogP contribution in [0.2, 0.25) is 0 Å². The highest BCUT2D eigenvalue weighted by Crippen LogP contribution is 2.17. The standard InChI is InChI=1S/C23H28N4O4S/c1-4-15-27-23(29)20-10-8-7-9-19(20)21(25-27)22(28)24-16-17-11-13-18(14-12-17)32(30,31)26(5-2)6-3/h7-14H,4-6,15-16H2,1-3H3,(H,24,28). The van der Waals surface area contributed by atoms with Gasteiger partial charge in [0.05, 0.1) is 10.3 Å². The van der Waals surface area contributed by atoms with Crippen molar-refractivity contribution in [2.75, 3.05) is 13.1 Å². The average Bonchev–Trinajstić information content (AvgIpc) is 2.80. The van der Waals surface area contributed by atoms with Crippen LogP contribution in [0, 0.1) is 0 Å². The molecule has 0 aliphatic carbocycles. The highest BCUT2D eigenvalue weighted by Gasteiger charge is 2.21. The number of amides is 1. The van der Waals surface area contributed by atoms with Crippen molar-refractivity contribution in [3.8, 4) is 0 Å². The first-order chi connectivity index (χ1) is 15.3. The van der Waals surface area contributed by atoms with E-state index in [0.29, 0.717) is 30.4 Å². The number of fused-ring (bicyclic) bond motifs is 1. The Balaban J connectivity index is 1.81. The van der Waals surface area contributed by atoms with Gasteiger partial charge in [0.25, 0.3) is 11.5 Å². The third-order valence-electron chi connectivity index (χ3n) is 5.24. The number of hydrogen-bond acceptors (Lipinski definition) is 5. The molecule has 3 rings (SSSR count). The number of aryl methyl sites for hydroxylation is 1. The van der Waals surface area contributed by atoms with Crippen molar-refractivity contribution in [2.24, 2.45) is 0 Å². The van der Waals surface area contributed by atoms with Gasteiger partial charge in [-0.1, -0.05) is 51.1 Å². The summed E-state index contributed by atoms with van der Waals surface area (Å²) in [5, 5.41) is 8.07. The lowest BCUT2D eigenvalue weighted by atomic mass is 10.1. The molecule has 3 aromatic rings. The summed E-state index contributed by atoms with van der Waals surface area (Å²) >= 11 is 0.